The van der Waals surface area contributed by atoms with E-state index >= 15 is 0 Å². The van der Waals surface area contributed by atoms with Crippen LogP contribution in [0.1, 0.15) is 24.8 Å². The molecular weight excluding hydrogens is 263 g/mol. The predicted molar refractivity (Wildman–Crippen MR) is 69.5 cm³/mol. The van der Waals surface area contributed by atoms with Crippen molar-refractivity contribution >= 4 is 5.97 Å². The van der Waals surface area contributed by atoms with Crippen molar-refractivity contribution in [2.24, 2.45) is 5.92 Å². The lowest BCUT2D eigenvalue weighted by molar-refractivity contribution is -0.137. The Morgan fingerprint density at radius 3 is 2.80 bits per heavy atom. The molecule has 1 aromatic heterocycles. The van der Waals surface area contributed by atoms with Gasteiger partial charge >= 0.3 is 5.97 Å². The molecule has 1 aromatic carbocycles. The number of nitrogens with zero attached hydrogens (tertiary/aromatic N) is 2. The van der Waals surface area contributed by atoms with Gasteiger partial charge in [0.05, 0.1) is 0 Å². The van der Waals surface area contributed by atoms with E-state index in [-0.39, 0.29) is 24.0 Å². The van der Waals surface area contributed by atoms with Crippen LogP contribution in [0.15, 0.2) is 22.6 Å². The lowest BCUT2D eigenvalue weighted by atomic mass is 10.0. The minimum Gasteiger partial charge on any atom is -0.481 e. The number of aryl methyl sites for hydroxylation is 1. The van der Waals surface area contributed by atoms with Crippen LogP contribution in [0, 0.1) is 18.7 Å². The monoisotopic (exact) mass is 278 g/mol. The molecule has 1 atom stereocenters. The molecule has 1 heterocycles. The number of carbonyl (C=O) groups is 1. The standard InChI is InChI=1S/C14H15FN2O3/c1-8-3-10(7-11(15)4-8)14-17-16-12(20-14)5-9(2)6-13(18)19/h3-4,7,9H,5-6H2,1-2H3,(H,18,19). The zero-order valence-corrected chi connectivity index (χ0v) is 11.3. The molecule has 0 spiro atoms. The lowest BCUT2D eigenvalue weighted by Gasteiger charge is -2.03. The van der Waals surface area contributed by atoms with E-state index in [0.29, 0.717) is 17.9 Å². The Labute approximate surface area is 115 Å². The molecule has 2 rings (SSSR count). The molecule has 0 aliphatic heterocycles. The summed E-state index contributed by atoms with van der Waals surface area (Å²) in [6.07, 6.45) is 0.421. The number of aromatic nitrogens is 2. The van der Waals surface area contributed by atoms with Gasteiger partial charge in [-0.25, -0.2) is 4.39 Å². The van der Waals surface area contributed by atoms with E-state index < -0.39 is 5.97 Å². The smallest absolute Gasteiger partial charge is 0.303 e. The van der Waals surface area contributed by atoms with Crippen molar-refractivity contribution in [3.63, 3.8) is 0 Å². The second kappa shape index (κ2) is 5.81. The Morgan fingerprint density at radius 1 is 1.40 bits per heavy atom. The Hall–Kier alpha value is -2.24. The fraction of sp³-hybridized carbons (Fsp3) is 0.357. The minimum atomic E-state index is -0.863. The van der Waals surface area contributed by atoms with Gasteiger partial charge < -0.3 is 9.52 Å². The number of carboxylic acids is 1. The number of halogens is 1. The molecule has 0 radical (unpaired) electrons. The molecule has 0 fully saturated rings. The van der Waals surface area contributed by atoms with E-state index in [1.807, 2.05) is 0 Å². The number of hydrogen-bond donors (Lipinski definition) is 1. The van der Waals surface area contributed by atoms with Gasteiger partial charge in [-0.1, -0.05) is 6.92 Å². The van der Waals surface area contributed by atoms with Gasteiger partial charge in [0.15, 0.2) is 0 Å². The number of rotatable bonds is 5. The number of hydrogen-bond acceptors (Lipinski definition) is 4. The third-order valence-electron chi connectivity index (χ3n) is 2.80. The third-order valence-corrected chi connectivity index (χ3v) is 2.80. The predicted octanol–water partition coefficient (Wildman–Crippen LogP) is 2.84. The molecule has 1 N–H and O–H groups in total. The number of benzene rings is 1. The van der Waals surface area contributed by atoms with Crippen molar-refractivity contribution in [2.75, 3.05) is 0 Å². The van der Waals surface area contributed by atoms with Gasteiger partial charge in [-0.15, -0.1) is 10.2 Å². The molecule has 0 amide bonds. The summed E-state index contributed by atoms with van der Waals surface area (Å²) in [6, 6.07) is 4.49. The van der Waals surface area contributed by atoms with Crippen LogP contribution in [0.4, 0.5) is 4.39 Å². The first-order chi connectivity index (χ1) is 9.44. The first kappa shape index (κ1) is 14.2. The van der Waals surface area contributed by atoms with Crippen LogP contribution in [0.25, 0.3) is 11.5 Å². The maximum absolute atomic E-state index is 13.3. The molecule has 6 heteroatoms. The average Bonchev–Trinajstić information content (AvgIpc) is 2.74. The molecule has 0 aliphatic rings. The van der Waals surface area contributed by atoms with Gasteiger partial charge in [0.25, 0.3) is 0 Å². The highest BCUT2D eigenvalue weighted by Gasteiger charge is 2.14. The minimum absolute atomic E-state index is 0.0385. The quantitative estimate of drug-likeness (QED) is 0.910. The van der Waals surface area contributed by atoms with Crippen LogP contribution in [0.5, 0.6) is 0 Å². The van der Waals surface area contributed by atoms with Crippen LogP contribution in [0.2, 0.25) is 0 Å². The summed E-state index contributed by atoms with van der Waals surface area (Å²) in [6.45, 7) is 3.57. The van der Waals surface area contributed by atoms with E-state index in [0.717, 1.165) is 5.56 Å². The first-order valence-electron chi connectivity index (χ1n) is 6.26. The summed E-state index contributed by atoms with van der Waals surface area (Å²) in [4.78, 5) is 10.6. The molecule has 5 nitrogen and oxygen atoms in total. The van der Waals surface area contributed by atoms with Crippen molar-refractivity contribution in [3.8, 4) is 11.5 Å². The third kappa shape index (κ3) is 3.63. The Balaban J connectivity index is 2.14. The topological polar surface area (TPSA) is 76.2 Å². The second-order valence-electron chi connectivity index (χ2n) is 4.93. The second-order valence-corrected chi connectivity index (χ2v) is 4.93. The van der Waals surface area contributed by atoms with E-state index in [9.17, 15) is 9.18 Å². The largest absolute Gasteiger partial charge is 0.481 e. The highest BCUT2D eigenvalue weighted by Crippen LogP contribution is 2.22. The molecule has 20 heavy (non-hydrogen) atoms. The van der Waals surface area contributed by atoms with E-state index in [1.54, 1.807) is 19.9 Å². The summed E-state index contributed by atoms with van der Waals surface area (Å²) in [5.41, 5.74) is 1.28. The van der Waals surface area contributed by atoms with Gasteiger partial charge in [0, 0.05) is 18.4 Å². The lowest BCUT2D eigenvalue weighted by Crippen LogP contribution is -2.07. The van der Waals surface area contributed by atoms with Crippen LogP contribution in [-0.2, 0) is 11.2 Å². The van der Waals surface area contributed by atoms with Gasteiger partial charge in [-0.2, -0.15) is 0 Å². The van der Waals surface area contributed by atoms with Crippen LogP contribution in [-0.4, -0.2) is 21.3 Å². The number of carboxylic acid groups (broad SMARTS) is 1. The van der Waals surface area contributed by atoms with Crippen molar-refractivity contribution in [3.05, 3.63) is 35.5 Å². The SMILES string of the molecule is Cc1cc(F)cc(-c2nnc(CC(C)CC(=O)O)o2)c1. The summed E-state index contributed by atoms with van der Waals surface area (Å²) in [5, 5.41) is 16.4. The molecule has 0 bridgehead atoms. The molecule has 0 aliphatic carbocycles. The van der Waals surface area contributed by atoms with Crippen LogP contribution < -0.4 is 0 Å². The summed E-state index contributed by atoms with van der Waals surface area (Å²) >= 11 is 0. The zero-order chi connectivity index (χ0) is 14.7. The van der Waals surface area contributed by atoms with E-state index in [4.69, 9.17) is 9.52 Å². The van der Waals surface area contributed by atoms with Crippen molar-refractivity contribution < 1.29 is 18.7 Å². The van der Waals surface area contributed by atoms with Gasteiger partial charge in [0.1, 0.15) is 5.82 Å². The van der Waals surface area contributed by atoms with E-state index in [1.165, 1.54) is 12.1 Å². The van der Waals surface area contributed by atoms with Crippen LogP contribution >= 0.6 is 0 Å². The molecule has 0 saturated carbocycles. The summed E-state index contributed by atoms with van der Waals surface area (Å²) in [7, 11) is 0. The summed E-state index contributed by atoms with van der Waals surface area (Å²) in [5.74, 6) is -0.729. The fourth-order valence-electron chi connectivity index (χ4n) is 1.98. The van der Waals surface area contributed by atoms with E-state index in [2.05, 4.69) is 10.2 Å². The van der Waals surface area contributed by atoms with Crippen LogP contribution in [0.3, 0.4) is 0 Å². The highest BCUT2D eigenvalue weighted by atomic mass is 19.1. The Kier molecular flexibility index (Phi) is 4.12. The number of aliphatic carboxylic acids is 1. The van der Waals surface area contributed by atoms with Gasteiger partial charge in [-0.3, -0.25) is 4.79 Å². The Morgan fingerprint density at radius 2 is 2.15 bits per heavy atom. The fourth-order valence-corrected chi connectivity index (χ4v) is 1.98. The normalized spacial score (nSPS) is 12.3. The molecule has 106 valence electrons. The van der Waals surface area contributed by atoms with Crippen molar-refractivity contribution in [1.29, 1.82) is 0 Å². The van der Waals surface area contributed by atoms with Crippen molar-refractivity contribution in [2.45, 2.75) is 26.7 Å². The maximum Gasteiger partial charge on any atom is 0.303 e. The summed E-state index contributed by atoms with van der Waals surface area (Å²) < 4.78 is 18.8. The molecule has 0 saturated heterocycles. The average molecular weight is 278 g/mol. The molecule has 1 unspecified atom stereocenters. The van der Waals surface area contributed by atoms with Gasteiger partial charge in [0.2, 0.25) is 11.8 Å². The molecule has 2 aromatic rings. The van der Waals surface area contributed by atoms with Gasteiger partial charge in [-0.05, 0) is 36.6 Å². The Bertz CT molecular complexity index is 604. The zero-order valence-electron chi connectivity index (χ0n) is 11.3. The van der Waals surface area contributed by atoms with Crippen molar-refractivity contribution in [1.82, 2.24) is 10.2 Å². The highest BCUT2D eigenvalue weighted by molar-refractivity contribution is 5.66. The maximum atomic E-state index is 13.3. The first-order valence-corrected chi connectivity index (χ1v) is 6.26. The molecular formula is C14H15FN2O3.